The van der Waals surface area contributed by atoms with Crippen LogP contribution in [0.1, 0.15) is 37.7 Å². The molecule has 0 aromatic carbocycles. The number of fused-ring (bicyclic) bond motifs is 1. The Morgan fingerprint density at radius 1 is 1.26 bits per heavy atom. The van der Waals surface area contributed by atoms with Crippen molar-refractivity contribution in [1.29, 1.82) is 0 Å². The molecule has 102 valence electrons. The molecule has 0 radical (unpaired) electrons. The number of hydrogen-bond acceptors (Lipinski definition) is 4. The minimum atomic E-state index is 0.204. The van der Waals surface area contributed by atoms with Gasteiger partial charge in [-0.15, -0.1) is 5.10 Å². The summed E-state index contributed by atoms with van der Waals surface area (Å²) < 4.78 is 1.82. The van der Waals surface area contributed by atoms with E-state index in [1.54, 1.807) is 0 Å². The lowest BCUT2D eigenvalue weighted by Gasteiger charge is -2.21. The fourth-order valence-electron chi connectivity index (χ4n) is 2.73. The lowest BCUT2D eigenvalue weighted by Crippen LogP contribution is -2.39. The molecule has 1 aliphatic carbocycles. The van der Waals surface area contributed by atoms with E-state index in [0.29, 0.717) is 12.0 Å². The second-order valence-corrected chi connectivity index (χ2v) is 5.50. The van der Waals surface area contributed by atoms with Gasteiger partial charge in [-0.1, -0.05) is 25.3 Å². The minimum Gasteiger partial charge on any atom is -0.349 e. The van der Waals surface area contributed by atoms with Crippen LogP contribution in [0.5, 0.6) is 0 Å². The Morgan fingerprint density at radius 3 is 3.00 bits per heavy atom. The molecule has 2 atom stereocenters. The van der Waals surface area contributed by atoms with Gasteiger partial charge in [0.2, 0.25) is 5.95 Å². The number of pyridine rings is 1. The maximum atomic E-state index is 6.22. The predicted molar refractivity (Wildman–Crippen MR) is 76.2 cm³/mol. The third-order valence-corrected chi connectivity index (χ3v) is 3.86. The fraction of sp³-hybridized carbons (Fsp3) is 0.571. The summed E-state index contributed by atoms with van der Waals surface area (Å²) >= 11 is 0. The number of rotatable bonds is 2. The minimum absolute atomic E-state index is 0.204. The first kappa shape index (κ1) is 12.4. The van der Waals surface area contributed by atoms with Crippen molar-refractivity contribution < 1.29 is 0 Å². The van der Waals surface area contributed by atoms with E-state index in [9.17, 15) is 0 Å². The van der Waals surface area contributed by atoms with E-state index in [1.165, 1.54) is 24.8 Å². The van der Waals surface area contributed by atoms with Crippen molar-refractivity contribution in [3.8, 4) is 0 Å². The standard InChI is InChI=1S/C14H21N5/c1-10-7-8-13-17-14(18-19(13)9-10)16-12-6-4-2-3-5-11(12)15/h7-9,11-12H,2-6,15H2,1H3,(H,16,18). The molecule has 0 amide bonds. The van der Waals surface area contributed by atoms with E-state index in [4.69, 9.17) is 5.73 Å². The number of nitrogens with two attached hydrogens (primary N) is 1. The molecule has 1 aliphatic rings. The highest BCUT2D eigenvalue weighted by molar-refractivity contribution is 5.44. The monoisotopic (exact) mass is 259 g/mol. The molecular weight excluding hydrogens is 238 g/mol. The van der Waals surface area contributed by atoms with E-state index >= 15 is 0 Å². The number of anilines is 1. The van der Waals surface area contributed by atoms with Crippen LogP contribution in [0.3, 0.4) is 0 Å². The van der Waals surface area contributed by atoms with Crippen LogP contribution in [0.15, 0.2) is 18.3 Å². The Balaban J connectivity index is 1.80. The Labute approximate surface area is 113 Å². The number of nitrogens with one attached hydrogen (secondary N) is 1. The molecule has 2 unspecified atom stereocenters. The van der Waals surface area contributed by atoms with Crippen molar-refractivity contribution in [3.63, 3.8) is 0 Å². The van der Waals surface area contributed by atoms with Gasteiger partial charge >= 0.3 is 0 Å². The number of aromatic nitrogens is 3. The number of aryl methyl sites for hydroxylation is 1. The van der Waals surface area contributed by atoms with Crippen molar-refractivity contribution in [2.75, 3.05) is 5.32 Å². The molecule has 1 saturated carbocycles. The van der Waals surface area contributed by atoms with Gasteiger partial charge in [0, 0.05) is 18.3 Å². The molecule has 1 fully saturated rings. The molecule has 0 spiro atoms. The maximum Gasteiger partial charge on any atom is 0.243 e. The topological polar surface area (TPSA) is 68.2 Å². The normalized spacial score (nSPS) is 24.3. The van der Waals surface area contributed by atoms with Gasteiger partial charge < -0.3 is 11.1 Å². The summed E-state index contributed by atoms with van der Waals surface area (Å²) in [5.74, 6) is 0.688. The van der Waals surface area contributed by atoms with Crippen LogP contribution in [-0.4, -0.2) is 26.7 Å². The molecule has 5 heteroatoms. The quantitative estimate of drug-likeness (QED) is 0.811. The first-order chi connectivity index (χ1) is 9.22. The van der Waals surface area contributed by atoms with Gasteiger partial charge in [0.25, 0.3) is 0 Å². The SMILES string of the molecule is Cc1ccc2nc(NC3CCCCCC3N)nn2c1. The third kappa shape index (κ3) is 2.71. The van der Waals surface area contributed by atoms with Crippen LogP contribution in [0, 0.1) is 6.92 Å². The molecule has 2 heterocycles. The van der Waals surface area contributed by atoms with Gasteiger partial charge in [-0.2, -0.15) is 4.98 Å². The zero-order chi connectivity index (χ0) is 13.2. The average molecular weight is 259 g/mol. The summed E-state index contributed by atoms with van der Waals surface area (Å²) in [6, 6.07) is 4.53. The van der Waals surface area contributed by atoms with Crippen LogP contribution in [0.2, 0.25) is 0 Å². The molecule has 2 aromatic rings. The highest BCUT2D eigenvalue weighted by Gasteiger charge is 2.21. The molecule has 2 aromatic heterocycles. The summed E-state index contributed by atoms with van der Waals surface area (Å²) in [6.45, 7) is 2.05. The largest absolute Gasteiger partial charge is 0.349 e. The number of hydrogen-bond donors (Lipinski definition) is 2. The Bertz CT molecular complexity index is 562. The Morgan fingerprint density at radius 2 is 2.11 bits per heavy atom. The Kier molecular flexibility index (Phi) is 3.38. The average Bonchev–Trinajstić information content (AvgIpc) is 2.66. The van der Waals surface area contributed by atoms with Gasteiger partial charge in [0.15, 0.2) is 5.65 Å². The third-order valence-electron chi connectivity index (χ3n) is 3.86. The highest BCUT2D eigenvalue weighted by Crippen LogP contribution is 2.19. The van der Waals surface area contributed by atoms with Crippen LogP contribution in [0.25, 0.3) is 5.65 Å². The second-order valence-electron chi connectivity index (χ2n) is 5.50. The van der Waals surface area contributed by atoms with Crippen molar-refractivity contribution in [1.82, 2.24) is 14.6 Å². The van der Waals surface area contributed by atoms with Gasteiger partial charge in [-0.3, -0.25) is 0 Å². The molecule has 0 saturated heterocycles. The van der Waals surface area contributed by atoms with E-state index in [2.05, 4.69) is 22.3 Å². The maximum absolute atomic E-state index is 6.22. The molecule has 3 N–H and O–H groups in total. The van der Waals surface area contributed by atoms with Crippen LogP contribution < -0.4 is 11.1 Å². The van der Waals surface area contributed by atoms with Crippen molar-refractivity contribution >= 4 is 11.6 Å². The first-order valence-electron chi connectivity index (χ1n) is 7.07. The summed E-state index contributed by atoms with van der Waals surface area (Å²) in [7, 11) is 0. The van der Waals surface area contributed by atoms with Gasteiger partial charge in [0.05, 0.1) is 0 Å². The lowest BCUT2D eigenvalue weighted by molar-refractivity contribution is 0.525. The molecule has 3 rings (SSSR count). The highest BCUT2D eigenvalue weighted by atomic mass is 15.3. The molecule has 5 nitrogen and oxygen atoms in total. The Hall–Kier alpha value is -1.62. The van der Waals surface area contributed by atoms with Gasteiger partial charge in [-0.25, -0.2) is 4.52 Å². The van der Waals surface area contributed by atoms with Gasteiger partial charge in [0.1, 0.15) is 0 Å². The lowest BCUT2D eigenvalue weighted by atomic mass is 10.0. The van der Waals surface area contributed by atoms with Crippen molar-refractivity contribution in [2.45, 2.75) is 51.1 Å². The van der Waals surface area contributed by atoms with E-state index in [0.717, 1.165) is 18.5 Å². The van der Waals surface area contributed by atoms with Crippen LogP contribution >= 0.6 is 0 Å². The predicted octanol–water partition coefficient (Wildman–Crippen LogP) is 2.11. The summed E-state index contributed by atoms with van der Waals surface area (Å²) in [4.78, 5) is 4.50. The molecule has 19 heavy (non-hydrogen) atoms. The smallest absolute Gasteiger partial charge is 0.243 e. The zero-order valence-corrected chi connectivity index (χ0v) is 11.3. The van der Waals surface area contributed by atoms with Gasteiger partial charge in [-0.05, 0) is 31.4 Å². The fourth-order valence-corrected chi connectivity index (χ4v) is 2.73. The second kappa shape index (κ2) is 5.17. The molecular formula is C14H21N5. The number of nitrogens with zero attached hydrogens (tertiary/aromatic N) is 3. The van der Waals surface area contributed by atoms with Crippen LogP contribution in [-0.2, 0) is 0 Å². The molecule has 0 bridgehead atoms. The van der Waals surface area contributed by atoms with Crippen molar-refractivity contribution in [2.24, 2.45) is 5.73 Å². The van der Waals surface area contributed by atoms with E-state index in [1.807, 2.05) is 22.8 Å². The van der Waals surface area contributed by atoms with Crippen molar-refractivity contribution in [3.05, 3.63) is 23.9 Å². The summed E-state index contributed by atoms with van der Waals surface area (Å²) in [5, 5.41) is 7.88. The summed E-state index contributed by atoms with van der Waals surface area (Å²) in [6.07, 6.45) is 7.93. The first-order valence-corrected chi connectivity index (χ1v) is 7.07. The molecule has 0 aliphatic heterocycles. The van der Waals surface area contributed by atoms with E-state index in [-0.39, 0.29) is 6.04 Å². The van der Waals surface area contributed by atoms with E-state index < -0.39 is 0 Å². The van der Waals surface area contributed by atoms with Crippen LogP contribution in [0.4, 0.5) is 5.95 Å². The summed E-state index contributed by atoms with van der Waals surface area (Å²) in [5.41, 5.74) is 8.27. The zero-order valence-electron chi connectivity index (χ0n) is 11.3.